The number of nitrogens with one attached hydrogen (secondary N) is 1. The second kappa shape index (κ2) is 8.23. The highest BCUT2D eigenvalue weighted by atomic mass is 79.9. The summed E-state index contributed by atoms with van der Waals surface area (Å²) in [4.78, 5) is 2.53. The minimum absolute atomic E-state index is 0.659. The van der Waals surface area contributed by atoms with Gasteiger partial charge in [-0.3, -0.25) is 4.90 Å². The number of hydrogen-bond acceptors (Lipinski definition) is 3. The van der Waals surface area contributed by atoms with Crippen LogP contribution in [-0.4, -0.2) is 43.7 Å². The molecule has 0 radical (unpaired) electrons. The molecule has 1 saturated heterocycles. The van der Waals surface area contributed by atoms with E-state index in [1.807, 2.05) is 18.2 Å². The van der Waals surface area contributed by atoms with Crippen molar-refractivity contribution in [2.24, 2.45) is 0 Å². The smallest absolute Gasteiger partial charge is 0.133 e. The van der Waals surface area contributed by atoms with E-state index in [0.717, 1.165) is 36.4 Å². The maximum Gasteiger partial charge on any atom is 0.133 e. The molecule has 1 atom stereocenters. The molecule has 1 aliphatic heterocycles. The summed E-state index contributed by atoms with van der Waals surface area (Å²) in [5, 5.41) is 4.15. The lowest BCUT2D eigenvalue weighted by atomic mass is 10.2. The molecule has 2 rings (SSSR count). The summed E-state index contributed by atoms with van der Waals surface area (Å²) in [6, 6.07) is 6.29. The standard InChI is InChI=1S/C15H22BrClN2O/c1-2-7-19(13-5-6-18-11-13)8-9-20-15-4-3-12(17)10-14(15)16/h3-4,10,13,18H,2,5-9,11H2,1H3. The van der Waals surface area contributed by atoms with Crippen LogP contribution >= 0.6 is 27.5 Å². The lowest BCUT2D eigenvalue weighted by Crippen LogP contribution is -2.40. The predicted octanol–water partition coefficient (Wildman–Crippen LogP) is 3.56. The van der Waals surface area contributed by atoms with Crippen molar-refractivity contribution in [3.05, 3.63) is 27.7 Å². The summed E-state index contributed by atoms with van der Waals surface area (Å²) in [7, 11) is 0. The summed E-state index contributed by atoms with van der Waals surface area (Å²) in [6.45, 7) is 7.27. The molecule has 1 fully saturated rings. The summed E-state index contributed by atoms with van der Waals surface area (Å²) in [5.41, 5.74) is 0. The van der Waals surface area contributed by atoms with Crippen molar-refractivity contribution in [1.29, 1.82) is 0 Å². The van der Waals surface area contributed by atoms with Crippen LogP contribution < -0.4 is 10.1 Å². The van der Waals surface area contributed by atoms with Crippen LogP contribution in [0.4, 0.5) is 0 Å². The Labute approximate surface area is 134 Å². The van der Waals surface area contributed by atoms with Gasteiger partial charge in [-0.25, -0.2) is 0 Å². The van der Waals surface area contributed by atoms with Crippen molar-refractivity contribution in [2.45, 2.75) is 25.8 Å². The molecule has 1 aromatic rings. The Morgan fingerprint density at radius 3 is 2.95 bits per heavy atom. The Morgan fingerprint density at radius 2 is 2.30 bits per heavy atom. The molecule has 1 N–H and O–H groups in total. The first-order valence-corrected chi connectivity index (χ1v) is 8.40. The summed E-state index contributed by atoms with van der Waals surface area (Å²) >= 11 is 9.41. The third kappa shape index (κ3) is 4.62. The third-order valence-corrected chi connectivity index (χ3v) is 4.45. The topological polar surface area (TPSA) is 24.5 Å². The largest absolute Gasteiger partial charge is 0.491 e. The van der Waals surface area contributed by atoms with Crippen LogP contribution in [0.2, 0.25) is 5.02 Å². The molecular formula is C15H22BrClN2O. The zero-order valence-electron chi connectivity index (χ0n) is 11.9. The lowest BCUT2D eigenvalue weighted by Gasteiger charge is -2.27. The lowest BCUT2D eigenvalue weighted by molar-refractivity contribution is 0.167. The Bertz CT molecular complexity index is 424. The third-order valence-electron chi connectivity index (χ3n) is 3.59. The molecule has 112 valence electrons. The van der Waals surface area contributed by atoms with E-state index in [2.05, 4.69) is 33.1 Å². The van der Waals surface area contributed by atoms with Gasteiger partial charge in [0, 0.05) is 24.2 Å². The van der Waals surface area contributed by atoms with Gasteiger partial charge in [-0.15, -0.1) is 0 Å². The van der Waals surface area contributed by atoms with Gasteiger partial charge in [0.15, 0.2) is 0 Å². The van der Waals surface area contributed by atoms with Crippen molar-refractivity contribution >= 4 is 27.5 Å². The molecule has 0 saturated carbocycles. The van der Waals surface area contributed by atoms with E-state index < -0.39 is 0 Å². The molecule has 0 bridgehead atoms. The van der Waals surface area contributed by atoms with E-state index in [1.54, 1.807) is 0 Å². The number of rotatable bonds is 7. The van der Waals surface area contributed by atoms with Gasteiger partial charge in [0.05, 0.1) is 4.47 Å². The Kier molecular flexibility index (Phi) is 6.62. The predicted molar refractivity (Wildman–Crippen MR) is 87.8 cm³/mol. The molecule has 20 heavy (non-hydrogen) atoms. The molecule has 0 aromatic heterocycles. The van der Waals surface area contributed by atoms with Crippen LogP contribution in [0.25, 0.3) is 0 Å². The monoisotopic (exact) mass is 360 g/mol. The van der Waals surface area contributed by atoms with Crippen LogP contribution in [0.15, 0.2) is 22.7 Å². The zero-order valence-corrected chi connectivity index (χ0v) is 14.2. The number of benzene rings is 1. The number of halogens is 2. The molecule has 1 aliphatic rings. The zero-order chi connectivity index (χ0) is 14.4. The number of ether oxygens (including phenoxy) is 1. The van der Waals surface area contributed by atoms with Crippen LogP contribution in [0.3, 0.4) is 0 Å². The number of hydrogen-bond donors (Lipinski definition) is 1. The van der Waals surface area contributed by atoms with Crippen molar-refractivity contribution in [2.75, 3.05) is 32.8 Å². The first-order chi connectivity index (χ1) is 9.70. The van der Waals surface area contributed by atoms with Gasteiger partial charge in [0.25, 0.3) is 0 Å². The summed E-state index contributed by atoms with van der Waals surface area (Å²) in [5.74, 6) is 0.857. The molecular weight excluding hydrogens is 340 g/mol. The van der Waals surface area contributed by atoms with E-state index >= 15 is 0 Å². The fourth-order valence-electron chi connectivity index (χ4n) is 2.58. The Hall–Kier alpha value is -0.290. The van der Waals surface area contributed by atoms with Gasteiger partial charge in [-0.05, 0) is 60.1 Å². The second-order valence-electron chi connectivity index (χ2n) is 5.11. The van der Waals surface area contributed by atoms with Gasteiger partial charge in [0.1, 0.15) is 12.4 Å². The highest BCUT2D eigenvalue weighted by Gasteiger charge is 2.21. The van der Waals surface area contributed by atoms with E-state index in [-0.39, 0.29) is 0 Å². The molecule has 0 spiro atoms. The SMILES string of the molecule is CCCN(CCOc1ccc(Cl)cc1Br)C1CCNC1. The maximum atomic E-state index is 5.93. The van der Waals surface area contributed by atoms with Crippen LogP contribution in [0.1, 0.15) is 19.8 Å². The van der Waals surface area contributed by atoms with Crippen molar-refractivity contribution in [3.63, 3.8) is 0 Å². The van der Waals surface area contributed by atoms with Gasteiger partial charge in [-0.2, -0.15) is 0 Å². The fourth-order valence-corrected chi connectivity index (χ4v) is 3.38. The molecule has 0 aliphatic carbocycles. The normalized spacial score (nSPS) is 18.7. The van der Waals surface area contributed by atoms with Crippen molar-refractivity contribution in [1.82, 2.24) is 10.2 Å². The maximum absolute atomic E-state index is 5.93. The Morgan fingerprint density at radius 1 is 1.45 bits per heavy atom. The molecule has 3 nitrogen and oxygen atoms in total. The van der Waals surface area contributed by atoms with E-state index in [1.165, 1.54) is 12.8 Å². The van der Waals surface area contributed by atoms with E-state index in [9.17, 15) is 0 Å². The van der Waals surface area contributed by atoms with Gasteiger partial charge in [-0.1, -0.05) is 18.5 Å². The molecule has 1 heterocycles. The molecule has 5 heteroatoms. The van der Waals surface area contributed by atoms with Crippen molar-refractivity contribution < 1.29 is 4.74 Å². The van der Waals surface area contributed by atoms with Gasteiger partial charge >= 0.3 is 0 Å². The number of nitrogens with zero attached hydrogens (tertiary/aromatic N) is 1. The average Bonchev–Trinajstić information content (AvgIpc) is 2.94. The van der Waals surface area contributed by atoms with Gasteiger partial charge in [0.2, 0.25) is 0 Å². The minimum Gasteiger partial charge on any atom is -0.491 e. The summed E-state index contributed by atoms with van der Waals surface area (Å²) < 4.78 is 6.77. The molecule has 1 aromatic carbocycles. The van der Waals surface area contributed by atoms with Crippen LogP contribution in [0.5, 0.6) is 5.75 Å². The Balaban J connectivity index is 1.83. The summed E-state index contributed by atoms with van der Waals surface area (Å²) in [6.07, 6.45) is 2.42. The first-order valence-electron chi connectivity index (χ1n) is 7.23. The van der Waals surface area contributed by atoms with Crippen molar-refractivity contribution in [3.8, 4) is 5.75 Å². The van der Waals surface area contributed by atoms with E-state index in [4.69, 9.17) is 16.3 Å². The first kappa shape index (κ1) is 16.1. The highest BCUT2D eigenvalue weighted by molar-refractivity contribution is 9.10. The fraction of sp³-hybridized carbons (Fsp3) is 0.600. The average molecular weight is 362 g/mol. The second-order valence-corrected chi connectivity index (χ2v) is 6.40. The minimum atomic E-state index is 0.659. The van der Waals surface area contributed by atoms with Crippen LogP contribution in [0, 0.1) is 0 Å². The highest BCUT2D eigenvalue weighted by Crippen LogP contribution is 2.27. The molecule has 0 amide bonds. The van der Waals surface area contributed by atoms with Gasteiger partial charge < -0.3 is 10.1 Å². The van der Waals surface area contributed by atoms with Crippen LogP contribution in [-0.2, 0) is 0 Å². The molecule has 1 unspecified atom stereocenters. The van der Waals surface area contributed by atoms with E-state index in [0.29, 0.717) is 17.7 Å². The quantitative estimate of drug-likeness (QED) is 0.804.